The van der Waals surface area contributed by atoms with Gasteiger partial charge in [0.1, 0.15) is 5.75 Å². The molecule has 0 fully saturated rings. The Morgan fingerprint density at radius 2 is 1.89 bits per heavy atom. The summed E-state index contributed by atoms with van der Waals surface area (Å²) in [7, 11) is 0. The monoisotopic (exact) mass is 267 g/mol. The molecular weight excluding hydrogens is 254 g/mol. The number of nitrogens with zero attached hydrogens (tertiary/aromatic N) is 1. The van der Waals surface area contributed by atoms with Gasteiger partial charge in [0.2, 0.25) is 5.91 Å². The lowest BCUT2D eigenvalue weighted by Gasteiger charge is -2.07. The molecule has 0 radical (unpaired) electrons. The summed E-state index contributed by atoms with van der Waals surface area (Å²) in [5.41, 5.74) is 10.2. The van der Waals surface area contributed by atoms with E-state index in [-0.39, 0.29) is 24.3 Å². The van der Waals surface area contributed by atoms with Crippen LogP contribution in [0.3, 0.4) is 0 Å². The van der Waals surface area contributed by atoms with Crippen molar-refractivity contribution in [1.82, 2.24) is 0 Å². The quantitative estimate of drug-likeness (QED) is 0.324. The molecule has 1 aromatic carbocycles. The molecule has 0 aromatic heterocycles. The minimum Gasteiger partial charge on any atom is -0.427 e. The summed E-state index contributed by atoms with van der Waals surface area (Å²) >= 11 is 0. The fourth-order valence-electron chi connectivity index (χ4n) is 1.23. The van der Waals surface area contributed by atoms with E-state index in [0.717, 1.165) is 0 Å². The third-order valence-corrected chi connectivity index (χ3v) is 2.30. The number of nitrogens with two attached hydrogens (primary N) is 2. The highest BCUT2D eigenvalue weighted by molar-refractivity contribution is 5.80. The molecule has 0 aliphatic carbocycles. The first kappa shape index (κ1) is 14.6. The molecule has 0 saturated heterocycles. The van der Waals surface area contributed by atoms with Crippen molar-refractivity contribution in [2.45, 2.75) is 18.9 Å². The van der Waals surface area contributed by atoms with Crippen LogP contribution in [0.15, 0.2) is 24.3 Å². The second-order valence-corrected chi connectivity index (χ2v) is 3.77. The summed E-state index contributed by atoms with van der Waals surface area (Å²) in [5.74, 6) is -1.10. The van der Waals surface area contributed by atoms with E-state index >= 15 is 0 Å². The van der Waals surface area contributed by atoms with Crippen molar-refractivity contribution in [2.75, 3.05) is 0 Å². The molecule has 1 atom stereocenters. The largest absolute Gasteiger partial charge is 0.427 e. The molecule has 1 amide bonds. The van der Waals surface area contributed by atoms with E-state index in [2.05, 4.69) is 0 Å². The van der Waals surface area contributed by atoms with Gasteiger partial charge in [0.15, 0.2) is 0 Å². The van der Waals surface area contributed by atoms with Crippen molar-refractivity contribution in [3.05, 3.63) is 34.4 Å². The maximum atomic E-state index is 11.4. The molecule has 0 aliphatic heterocycles. The average molecular weight is 267 g/mol. The first-order valence-corrected chi connectivity index (χ1v) is 5.40. The predicted octanol–water partition coefficient (Wildman–Crippen LogP) is 0.0930. The number of esters is 1. The molecule has 4 N–H and O–H groups in total. The van der Waals surface area contributed by atoms with E-state index in [4.69, 9.17) is 16.2 Å². The number of benzene rings is 1. The number of nitro groups is 1. The van der Waals surface area contributed by atoms with Crippen LogP contribution < -0.4 is 16.2 Å². The standard InChI is InChI=1S/C11H13N3O5/c12-9(11(13)16)5-6-10(15)19-8-3-1-7(2-4-8)14(17)18/h1-4,9H,5-6,12H2,(H2,13,16)/t9-/m0/s1. The first-order valence-electron chi connectivity index (χ1n) is 5.40. The summed E-state index contributed by atoms with van der Waals surface area (Å²) in [6, 6.07) is 4.16. The minimum absolute atomic E-state index is 0.0684. The number of hydrogen-bond donors (Lipinski definition) is 2. The van der Waals surface area contributed by atoms with Gasteiger partial charge in [-0.15, -0.1) is 0 Å². The lowest BCUT2D eigenvalue weighted by atomic mass is 10.1. The Morgan fingerprint density at radius 3 is 2.37 bits per heavy atom. The van der Waals surface area contributed by atoms with Crippen LogP contribution in [0.1, 0.15) is 12.8 Å². The van der Waals surface area contributed by atoms with Gasteiger partial charge >= 0.3 is 5.97 Å². The number of non-ortho nitro benzene ring substituents is 1. The van der Waals surface area contributed by atoms with Crippen molar-refractivity contribution in [3.8, 4) is 5.75 Å². The first-order chi connectivity index (χ1) is 8.90. The fourth-order valence-corrected chi connectivity index (χ4v) is 1.23. The van der Waals surface area contributed by atoms with Crippen molar-refractivity contribution in [3.63, 3.8) is 0 Å². The highest BCUT2D eigenvalue weighted by Crippen LogP contribution is 2.17. The van der Waals surface area contributed by atoms with Crippen LogP contribution in [-0.4, -0.2) is 22.8 Å². The maximum Gasteiger partial charge on any atom is 0.311 e. The molecule has 8 heteroatoms. The van der Waals surface area contributed by atoms with Crippen LogP contribution in [0.5, 0.6) is 5.75 Å². The Labute approximate surface area is 108 Å². The molecule has 0 unspecified atom stereocenters. The van der Waals surface area contributed by atoms with Gasteiger partial charge in [0.25, 0.3) is 5.69 Å². The van der Waals surface area contributed by atoms with Crippen LogP contribution in [0.4, 0.5) is 5.69 Å². The van der Waals surface area contributed by atoms with E-state index in [1.54, 1.807) is 0 Å². The van der Waals surface area contributed by atoms with Gasteiger partial charge in [-0.1, -0.05) is 0 Å². The summed E-state index contributed by atoms with van der Waals surface area (Å²) in [6.45, 7) is 0. The molecule has 0 aliphatic rings. The number of primary amides is 1. The van der Waals surface area contributed by atoms with Gasteiger partial charge in [-0.05, 0) is 18.6 Å². The molecule has 0 spiro atoms. The normalized spacial score (nSPS) is 11.6. The Kier molecular flexibility index (Phi) is 4.95. The third-order valence-electron chi connectivity index (χ3n) is 2.30. The van der Waals surface area contributed by atoms with Crippen molar-refractivity contribution in [2.24, 2.45) is 11.5 Å². The Morgan fingerprint density at radius 1 is 1.32 bits per heavy atom. The summed E-state index contributed by atoms with van der Waals surface area (Å²) in [6.07, 6.45) is 0.0161. The SMILES string of the molecule is NC(=O)[C@@H](N)CCC(=O)Oc1ccc([N+](=O)[O-])cc1. The van der Waals surface area contributed by atoms with E-state index in [0.29, 0.717) is 0 Å². The van der Waals surface area contributed by atoms with Crippen LogP contribution in [0.2, 0.25) is 0 Å². The van der Waals surface area contributed by atoms with Crippen LogP contribution >= 0.6 is 0 Å². The van der Waals surface area contributed by atoms with Crippen molar-refractivity contribution in [1.29, 1.82) is 0 Å². The van der Waals surface area contributed by atoms with E-state index in [1.165, 1.54) is 24.3 Å². The third kappa shape index (κ3) is 4.72. The number of carbonyl (C=O) groups excluding carboxylic acids is 2. The minimum atomic E-state index is -0.899. The van der Waals surface area contributed by atoms with Crippen LogP contribution in [0.25, 0.3) is 0 Å². The summed E-state index contributed by atoms with van der Waals surface area (Å²) in [5, 5.41) is 10.4. The molecule has 102 valence electrons. The number of carbonyl (C=O) groups is 2. The molecule has 0 heterocycles. The Bertz CT molecular complexity index is 486. The average Bonchev–Trinajstić information content (AvgIpc) is 2.36. The summed E-state index contributed by atoms with van der Waals surface area (Å²) in [4.78, 5) is 31.9. The highest BCUT2D eigenvalue weighted by atomic mass is 16.6. The second kappa shape index (κ2) is 6.45. The van der Waals surface area contributed by atoms with Crippen molar-refractivity contribution >= 4 is 17.6 Å². The van der Waals surface area contributed by atoms with E-state index < -0.39 is 22.8 Å². The zero-order valence-corrected chi connectivity index (χ0v) is 9.94. The number of ether oxygens (including phenoxy) is 1. The number of amides is 1. The Hall–Kier alpha value is -2.48. The van der Waals surface area contributed by atoms with Gasteiger partial charge < -0.3 is 16.2 Å². The molecule has 19 heavy (non-hydrogen) atoms. The molecular formula is C11H13N3O5. The topological polar surface area (TPSA) is 139 Å². The van der Waals surface area contributed by atoms with Crippen molar-refractivity contribution < 1.29 is 19.2 Å². The van der Waals surface area contributed by atoms with E-state index in [9.17, 15) is 19.7 Å². The smallest absolute Gasteiger partial charge is 0.311 e. The zero-order valence-electron chi connectivity index (χ0n) is 9.94. The molecule has 1 aromatic rings. The van der Waals surface area contributed by atoms with Gasteiger partial charge in [0.05, 0.1) is 11.0 Å². The highest BCUT2D eigenvalue weighted by Gasteiger charge is 2.13. The lowest BCUT2D eigenvalue weighted by molar-refractivity contribution is -0.384. The number of rotatable bonds is 6. The number of nitro benzene ring substituents is 1. The second-order valence-electron chi connectivity index (χ2n) is 3.77. The maximum absolute atomic E-state index is 11.4. The number of hydrogen-bond acceptors (Lipinski definition) is 6. The van der Waals surface area contributed by atoms with Crippen LogP contribution in [-0.2, 0) is 9.59 Å². The fraction of sp³-hybridized carbons (Fsp3) is 0.273. The van der Waals surface area contributed by atoms with Gasteiger partial charge in [-0.2, -0.15) is 0 Å². The van der Waals surface area contributed by atoms with Gasteiger partial charge in [-0.3, -0.25) is 19.7 Å². The molecule has 8 nitrogen and oxygen atoms in total. The van der Waals surface area contributed by atoms with Gasteiger partial charge in [0, 0.05) is 18.6 Å². The summed E-state index contributed by atoms with van der Waals surface area (Å²) < 4.78 is 4.91. The molecule has 0 bridgehead atoms. The Balaban J connectivity index is 2.48. The lowest BCUT2D eigenvalue weighted by Crippen LogP contribution is -2.36. The predicted molar refractivity (Wildman–Crippen MR) is 65.1 cm³/mol. The zero-order chi connectivity index (χ0) is 14.4. The van der Waals surface area contributed by atoms with E-state index in [1.807, 2.05) is 0 Å². The molecule has 0 saturated carbocycles. The molecule has 1 rings (SSSR count). The van der Waals surface area contributed by atoms with Gasteiger partial charge in [-0.25, -0.2) is 0 Å². The van der Waals surface area contributed by atoms with Crippen LogP contribution in [0, 0.1) is 10.1 Å².